The minimum Gasteiger partial charge on any atom is -0.456 e. The number of carbonyl (C=O) groups is 1. The first-order valence-corrected chi connectivity index (χ1v) is 14.9. The summed E-state index contributed by atoms with van der Waals surface area (Å²) >= 11 is 0. The highest BCUT2D eigenvalue weighted by Crippen LogP contribution is 2.56. The first-order valence-electron chi connectivity index (χ1n) is 14.9. The van der Waals surface area contributed by atoms with E-state index in [4.69, 9.17) is 9.47 Å². The fourth-order valence-electron chi connectivity index (χ4n) is 6.61. The van der Waals surface area contributed by atoms with Crippen LogP contribution in [0.4, 0.5) is 5.69 Å². The Hall–Kier alpha value is -4.87. The van der Waals surface area contributed by atoms with Gasteiger partial charge in [-0.3, -0.25) is 4.90 Å². The molecule has 0 aliphatic carbocycles. The van der Waals surface area contributed by atoms with Crippen LogP contribution in [0.1, 0.15) is 52.0 Å². The van der Waals surface area contributed by atoms with Gasteiger partial charge in [0.05, 0.1) is 11.7 Å². The van der Waals surface area contributed by atoms with E-state index in [-0.39, 0.29) is 12.1 Å². The zero-order valence-electron chi connectivity index (χ0n) is 24.4. The summed E-state index contributed by atoms with van der Waals surface area (Å²) in [6.07, 6.45) is 0.0818. The molecule has 0 radical (unpaired) electrons. The average molecular weight is 567 g/mol. The third-order valence-electron chi connectivity index (χ3n) is 8.71. The molecule has 5 heteroatoms. The number of hydrogen-bond donors (Lipinski definition) is 0. The Morgan fingerprint density at radius 3 is 1.93 bits per heavy atom. The molecule has 1 spiro atoms. The van der Waals surface area contributed by atoms with E-state index in [2.05, 4.69) is 103 Å². The second-order valence-corrected chi connectivity index (χ2v) is 11.2. The Morgan fingerprint density at radius 1 is 0.674 bits per heavy atom. The van der Waals surface area contributed by atoms with Gasteiger partial charge in [-0.2, -0.15) is 0 Å². The highest BCUT2D eigenvalue weighted by Gasteiger charge is 2.53. The molecule has 5 nitrogen and oxygen atoms in total. The lowest BCUT2D eigenvalue weighted by Gasteiger charge is -2.40. The minimum atomic E-state index is -1.05. The summed E-state index contributed by atoms with van der Waals surface area (Å²) in [5.41, 5.74) is 5.66. The highest BCUT2D eigenvalue weighted by atomic mass is 16.6. The van der Waals surface area contributed by atoms with Gasteiger partial charge in [0, 0.05) is 48.1 Å². The van der Waals surface area contributed by atoms with Crippen LogP contribution in [-0.4, -0.2) is 23.6 Å². The molecule has 2 aliphatic heterocycles. The summed E-state index contributed by atoms with van der Waals surface area (Å²) in [4.78, 5) is 18.1. The van der Waals surface area contributed by atoms with Gasteiger partial charge in [0.2, 0.25) is 0 Å². The topological polar surface area (TPSA) is 42.0 Å². The molecule has 0 amide bonds. The molecule has 2 heterocycles. The van der Waals surface area contributed by atoms with Gasteiger partial charge >= 0.3 is 5.97 Å². The van der Waals surface area contributed by atoms with Crippen molar-refractivity contribution in [1.29, 1.82) is 0 Å². The maximum absolute atomic E-state index is 13.2. The maximum Gasteiger partial charge on any atom is 0.340 e. The van der Waals surface area contributed by atoms with Crippen molar-refractivity contribution >= 4 is 11.7 Å². The van der Waals surface area contributed by atoms with E-state index in [1.165, 1.54) is 11.1 Å². The molecule has 43 heavy (non-hydrogen) atoms. The van der Waals surface area contributed by atoms with Gasteiger partial charge in [0.15, 0.2) is 5.60 Å². The molecule has 0 N–H and O–H groups in total. The Morgan fingerprint density at radius 2 is 1.26 bits per heavy atom. The predicted molar refractivity (Wildman–Crippen MR) is 169 cm³/mol. The van der Waals surface area contributed by atoms with Gasteiger partial charge in [0.25, 0.3) is 0 Å². The largest absolute Gasteiger partial charge is 0.456 e. The smallest absolute Gasteiger partial charge is 0.340 e. The molecule has 7 rings (SSSR count). The van der Waals surface area contributed by atoms with Gasteiger partial charge in [-0.15, -0.1) is 0 Å². The molecule has 0 saturated heterocycles. The van der Waals surface area contributed by atoms with E-state index < -0.39 is 5.60 Å². The molecule has 0 saturated carbocycles. The molecular formula is C38H34N2O3. The number of ether oxygens (including phenoxy) is 2. The molecule has 214 valence electrons. The highest BCUT2D eigenvalue weighted by molar-refractivity contribution is 5.97. The Labute approximate surface area is 252 Å². The molecule has 0 bridgehead atoms. The molecule has 0 aromatic heterocycles. The molecular weight excluding hydrogens is 532 g/mol. The third kappa shape index (κ3) is 4.66. The Kier molecular flexibility index (Phi) is 6.96. The monoisotopic (exact) mass is 566 g/mol. The Bertz CT molecular complexity index is 1730. The van der Waals surface area contributed by atoms with Crippen molar-refractivity contribution in [2.45, 2.75) is 38.7 Å². The van der Waals surface area contributed by atoms with E-state index in [1.807, 2.05) is 48.5 Å². The summed E-state index contributed by atoms with van der Waals surface area (Å²) in [7, 11) is 0. The number of esters is 1. The quantitative estimate of drug-likeness (QED) is 0.140. The predicted octanol–water partition coefficient (Wildman–Crippen LogP) is 8.13. The van der Waals surface area contributed by atoms with Crippen LogP contribution in [0.15, 0.2) is 127 Å². The van der Waals surface area contributed by atoms with Crippen molar-refractivity contribution in [3.8, 4) is 11.5 Å². The summed E-state index contributed by atoms with van der Waals surface area (Å²) < 4.78 is 12.9. The number of nitrogens with zero attached hydrogens (tertiary/aromatic N) is 2. The van der Waals surface area contributed by atoms with Crippen molar-refractivity contribution in [2.75, 3.05) is 11.4 Å². The number of carbonyl (C=O) groups excluding carboxylic acids is 1. The van der Waals surface area contributed by atoms with E-state index >= 15 is 0 Å². The van der Waals surface area contributed by atoms with Gasteiger partial charge in [-0.25, -0.2) is 4.79 Å². The lowest BCUT2D eigenvalue weighted by molar-refractivity contribution is 0.0224. The number of para-hydroxylation sites is 1. The van der Waals surface area contributed by atoms with Gasteiger partial charge < -0.3 is 14.4 Å². The third-order valence-corrected chi connectivity index (χ3v) is 8.71. The van der Waals surface area contributed by atoms with E-state index in [1.54, 1.807) is 0 Å². The molecule has 0 fully saturated rings. The van der Waals surface area contributed by atoms with Crippen molar-refractivity contribution < 1.29 is 14.3 Å². The van der Waals surface area contributed by atoms with Crippen LogP contribution in [0, 0.1) is 0 Å². The van der Waals surface area contributed by atoms with E-state index in [9.17, 15) is 4.79 Å². The second kappa shape index (κ2) is 11.1. The van der Waals surface area contributed by atoms with Crippen LogP contribution in [0.3, 0.4) is 0 Å². The zero-order chi connectivity index (χ0) is 29.4. The van der Waals surface area contributed by atoms with Crippen molar-refractivity contribution in [1.82, 2.24) is 4.90 Å². The fraction of sp³-hybridized carbons (Fsp3) is 0.184. The number of fused-ring (bicyclic) bond motifs is 6. The molecule has 2 unspecified atom stereocenters. The summed E-state index contributed by atoms with van der Waals surface area (Å²) in [5, 5.41) is 0. The van der Waals surface area contributed by atoms with E-state index in [0.29, 0.717) is 17.1 Å². The first kappa shape index (κ1) is 27.0. The summed E-state index contributed by atoms with van der Waals surface area (Å²) in [6.45, 7) is 6.89. The molecule has 2 atom stereocenters. The van der Waals surface area contributed by atoms with Crippen LogP contribution < -0.4 is 9.64 Å². The van der Waals surface area contributed by atoms with Gasteiger partial charge in [0.1, 0.15) is 11.5 Å². The fourth-order valence-corrected chi connectivity index (χ4v) is 6.61. The minimum absolute atomic E-state index is 0.0818. The van der Waals surface area contributed by atoms with Crippen LogP contribution in [-0.2, 0) is 23.4 Å². The second-order valence-electron chi connectivity index (χ2n) is 11.2. The molecule has 2 aliphatic rings. The summed E-state index contributed by atoms with van der Waals surface area (Å²) in [6, 6.07) is 43.1. The Balaban J connectivity index is 1.28. The zero-order valence-corrected chi connectivity index (χ0v) is 24.4. The lowest BCUT2D eigenvalue weighted by atomic mass is 9.77. The van der Waals surface area contributed by atoms with Crippen LogP contribution in [0.25, 0.3) is 0 Å². The van der Waals surface area contributed by atoms with Crippen molar-refractivity contribution in [2.24, 2.45) is 0 Å². The van der Waals surface area contributed by atoms with E-state index in [0.717, 1.165) is 42.0 Å². The molecule has 5 aromatic carbocycles. The molecule has 5 aromatic rings. The average Bonchev–Trinajstić information content (AvgIpc) is 3.34. The lowest BCUT2D eigenvalue weighted by Crippen LogP contribution is -2.46. The maximum atomic E-state index is 13.2. The number of benzene rings is 5. The normalized spacial score (nSPS) is 17.0. The van der Waals surface area contributed by atoms with Gasteiger partial charge in [-0.1, -0.05) is 97.1 Å². The summed E-state index contributed by atoms with van der Waals surface area (Å²) in [5.74, 6) is 1.08. The SMILES string of the molecule is CCN(c1ccc2c(c1)Oc1ccccc1C21OC(=O)c2ccccc21)C(C)N(Cc1ccccc1)Cc1ccccc1. The van der Waals surface area contributed by atoms with Crippen molar-refractivity contribution in [3.63, 3.8) is 0 Å². The standard InChI is InChI=1S/C38H34N2O3/c1-3-40(27(2)39(25-28-14-6-4-7-15-28)26-29-16-8-5-9-17-29)30-22-23-34-36(24-30)42-35-21-13-12-20-33(35)38(34)32-19-11-10-18-31(32)37(41)43-38/h4-24,27H,3,25-26H2,1-2H3. The van der Waals surface area contributed by atoms with Gasteiger partial charge in [-0.05, 0) is 49.2 Å². The number of anilines is 1. The first-order chi connectivity index (χ1) is 21.1. The number of hydrogen-bond acceptors (Lipinski definition) is 5. The van der Waals surface area contributed by atoms with Crippen molar-refractivity contribution in [3.05, 3.63) is 161 Å². The van der Waals surface area contributed by atoms with Crippen LogP contribution in [0.2, 0.25) is 0 Å². The van der Waals surface area contributed by atoms with Crippen LogP contribution in [0.5, 0.6) is 11.5 Å². The number of rotatable bonds is 8. The van der Waals surface area contributed by atoms with Crippen LogP contribution >= 0.6 is 0 Å².